The summed E-state index contributed by atoms with van der Waals surface area (Å²) in [5.41, 5.74) is 1.49. The molecule has 19 heavy (non-hydrogen) atoms. The number of rotatable bonds is 6. The minimum absolute atomic E-state index is 0.651. The lowest BCUT2D eigenvalue weighted by molar-refractivity contribution is 0.268. The van der Waals surface area contributed by atoms with Crippen molar-refractivity contribution in [3.63, 3.8) is 0 Å². The Hall–Kier alpha value is -1.34. The summed E-state index contributed by atoms with van der Waals surface area (Å²) >= 11 is 0. The molecule has 0 aliphatic carbocycles. The zero-order valence-corrected chi connectivity index (χ0v) is 12.4. The summed E-state index contributed by atoms with van der Waals surface area (Å²) in [6.07, 6.45) is 3.73. The van der Waals surface area contributed by atoms with Crippen LogP contribution in [-0.2, 0) is 6.42 Å². The molecule has 102 valence electrons. The van der Waals surface area contributed by atoms with E-state index in [0.717, 1.165) is 0 Å². The Labute approximate surface area is 117 Å². The van der Waals surface area contributed by atoms with Crippen LogP contribution in [0.25, 0.3) is 10.8 Å². The van der Waals surface area contributed by atoms with Gasteiger partial charge in [-0.15, -0.1) is 0 Å². The van der Waals surface area contributed by atoms with E-state index in [1.807, 2.05) is 0 Å². The van der Waals surface area contributed by atoms with Crippen molar-refractivity contribution in [3.8, 4) is 0 Å². The van der Waals surface area contributed by atoms with Crippen molar-refractivity contribution in [1.82, 2.24) is 4.90 Å². The van der Waals surface area contributed by atoms with Crippen LogP contribution >= 0.6 is 0 Å². The Morgan fingerprint density at radius 1 is 0.947 bits per heavy atom. The number of benzene rings is 2. The topological polar surface area (TPSA) is 3.24 Å². The molecule has 0 aliphatic rings. The van der Waals surface area contributed by atoms with E-state index in [2.05, 4.69) is 68.3 Å². The molecular weight excluding hydrogens is 230 g/mol. The van der Waals surface area contributed by atoms with Gasteiger partial charge in [0, 0.05) is 6.04 Å². The van der Waals surface area contributed by atoms with E-state index in [9.17, 15) is 0 Å². The van der Waals surface area contributed by atoms with Crippen LogP contribution in [0.15, 0.2) is 42.5 Å². The lowest BCUT2D eigenvalue weighted by Gasteiger charge is -2.20. The largest absolute Gasteiger partial charge is 0.304 e. The fraction of sp³-hybridized carbons (Fsp3) is 0.444. The standard InChI is InChI=1S/C18H25N/c1-15(2)19(3)14-7-6-10-17-12-8-11-16-9-4-5-13-18(16)17/h4-5,8-9,11-13,15H,6-7,10,14H2,1-3H3. The normalized spacial score (nSPS) is 11.6. The molecule has 2 aromatic carbocycles. The molecule has 0 heterocycles. The van der Waals surface area contributed by atoms with Crippen LogP contribution in [0.2, 0.25) is 0 Å². The summed E-state index contributed by atoms with van der Waals surface area (Å²) in [4.78, 5) is 2.42. The maximum atomic E-state index is 2.42. The first-order chi connectivity index (χ1) is 9.18. The molecule has 0 bridgehead atoms. The predicted molar refractivity (Wildman–Crippen MR) is 84.7 cm³/mol. The quantitative estimate of drug-likeness (QED) is 0.687. The van der Waals surface area contributed by atoms with Crippen LogP contribution in [0.5, 0.6) is 0 Å². The maximum absolute atomic E-state index is 2.42. The summed E-state index contributed by atoms with van der Waals surface area (Å²) in [5, 5.41) is 2.78. The summed E-state index contributed by atoms with van der Waals surface area (Å²) < 4.78 is 0. The molecule has 2 aromatic rings. The SMILES string of the molecule is CC(C)N(C)CCCCc1cccc2ccccc12. The van der Waals surface area contributed by atoms with E-state index in [4.69, 9.17) is 0 Å². The second kappa shape index (κ2) is 6.72. The zero-order chi connectivity index (χ0) is 13.7. The highest BCUT2D eigenvalue weighted by atomic mass is 15.1. The number of unbranched alkanes of at least 4 members (excludes halogenated alkanes) is 1. The number of aryl methyl sites for hydroxylation is 1. The lowest BCUT2D eigenvalue weighted by Crippen LogP contribution is -2.27. The molecule has 1 nitrogen and oxygen atoms in total. The van der Waals surface area contributed by atoms with Gasteiger partial charge in [0.25, 0.3) is 0 Å². The minimum Gasteiger partial charge on any atom is -0.304 e. The third-order valence-corrected chi connectivity index (χ3v) is 3.97. The van der Waals surface area contributed by atoms with Crippen LogP contribution in [0.3, 0.4) is 0 Å². The van der Waals surface area contributed by atoms with Crippen molar-refractivity contribution in [2.45, 2.75) is 39.2 Å². The summed E-state index contributed by atoms with van der Waals surface area (Å²) in [7, 11) is 2.21. The van der Waals surface area contributed by atoms with Gasteiger partial charge >= 0.3 is 0 Å². The van der Waals surface area contributed by atoms with Crippen LogP contribution in [-0.4, -0.2) is 24.5 Å². The van der Waals surface area contributed by atoms with Gasteiger partial charge in [0.2, 0.25) is 0 Å². The average Bonchev–Trinajstić information content (AvgIpc) is 2.43. The fourth-order valence-electron chi connectivity index (χ4n) is 2.45. The molecule has 2 rings (SSSR count). The van der Waals surface area contributed by atoms with Crippen molar-refractivity contribution in [1.29, 1.82) is 0 Å². The molecule has 0 amide bonds. The van der Waals surface area contributed by atoms with Crippen molar-refractivity contribution in [2.75, 3.05) is 13.6 Å². The minimum atomic E-state index is 0.651. The van der Waals surface area contributed by atoms with Crippen molar-refractivity contribution in [3.05, 3.63) is 48.0 Å². The molecule has 0 aliphatic heterocycles. The highest BCUT2D eigenvalue weighted by molar-refractivity contribution is 5.85. The van der Waals surface area contributed by atoms with Gasteiger partial charge in [0.1, 0.15) is 0 Å². The maximum Gasteiger partial charge on any atom is 0.00355 e. The molecule has 0 saturated heterocycles. The first-order valence-electron chi connectivity index (χ1n) is 7.35. The van der Waals surface area contributed by atoms with Gasteiger partial charge in [-0.25, -0.2) is 0 Å². The Balaban J connectivity index is 1.92. The molecule has 0 unspecified atom stereocenters. The van der Waals surface area contributed by atoms with Crippen LogP contribution in [0.4, 0.5) is 0 Å². The number of hydrogen-bond donors (Lipinski definition) is 0. The number of nitrogens with zero attached hydrogens (tertiary/aromatic N) is 1. The van der Waals surface area contributed by atoms with Gasteiger partial charge in [-0.1, -0.05) is 42.5 Å². The van der Waals surface area contributed by atoms with Gasteiger partial charge in [0.05, 0.1) is 0 Å². The molecule has 0 fully saturated rings. The summed E-state index contributed by atoms with van der Waals surface area (Å²) in [6.45, 7) is 5.71. The number of hydrogen-bond acceptors (Lipinski definition) is 1. The Morgan fingerprint density at radius 2 is 1.68 bits per heavy atom. The van der Waals surface area contributed by atoms with E-state index in [-0.39, 0.29) is 0 Å². The smallest absolute Gasteiger partial charge is 0.00355 e. The van der Waals surface area contributed by atoms with E-state index in [1.54, 1.807) is 0 Å². The predicted octanol–water partition coefficient (Wildman–Crippen LogP) is 4.50. The molecule has 0 atom stereocenters. The van der Waals surface area contributed by atoms with E-state index in [0.29, 0.717) is 6.04 Å². The molecular formula is C18H25N. The van der Waals surface area contributed by atoms with Gasteiger partial charge in [0.15, 0.2) is 0 Å². The first-order valence-corrected chi connectivity index (χ1v) is 7.35. The van der Waals surface area contributed by atoms with E-state index in [1.165, 1.54) is 42.1 Å². The third-order valence-electron chi connectivity index (χ3n) is 3.97. The Kier molecular flexibility index (Phi) is 4.98. The molecule has 0 aromatic heterocycles. The van der Waals surface area contributed by atoms with Crippen molar-refractivity contribution < 1.29 is 0 Å². The molecule has 0 saturated carbocycles. The molecule has 0 spiro atoms. The fourth-order valence-corrected chi connectivity index (χ4v) is 2.45. The van der Waals surface area contributed by atoms with Gasteiger partial charge < -0.3 is 4.90 Å². The Morgan fingerprint density at radius 3 is 2.47 bits per heavy atom. The molecule has 1 heteroatoms. The van der Waals surface area contributed by atoms with E-state index < -0.39 is 0 Å². The van der Waals surface area contributed by atoms with Gasteiger partial charge in [-0.05, 0) is 63.0 Å². The monoisotopic (exact) mass is 255 g/mol. The van der Waals surface area contributed by atoms with Crippen LogP contribution in [0.1, 0.15) is 32.3 Å². The van der Waals surface area contributed by atoms with Crippen molar-refractivity contribution in [2.24, 2.45) is 0 Å². The van der Waals surface area contributed by atoms with Crippen LogP contribution < -0.4 is 0 Å². The summed E-state index contributed by atoms with van der Waals surface area (Å²) in [5.74, 6) is 0. The van der Waals surface area contributed by atoms with E-state index >= 15 is 0 Å². The van der Waals surface area contributed by atoms with Gasteiger partial charge in [-0.2, -0.15) is 0 Å². The third kappa shape index (κ3) is 3.81. The first kappa shape index (κ1) is 14.1. The Bertz CT molecular complexity index is 511. The zero-order valence-electron chi connectivity index (χ0n) is 12.4. The average molecular weight is 255 g/mol. The van der Waals surface area contributed by atoms with Crippen LogP contribution in [0, 0.1) is 0 Å². The second-order valence-corrected chi connectivity index (χ2v) is 5.67. The van der Waals surface area contributed by atoms with Gasteiger partial charge in [-0.3, -0.25) is 0 Å². The molecule has 0 radical (unpaired) electrons. The lowest BCUT2D eigenvalue weighted by atomic mass is 10.0. The highest BCUT2D eigenvalue weighted by Crippen LogP contribution is 2.20. The number of fused-ring (bicyclic) bond motifs is 1. The second-order valence-electron chi connectivity index (χ2n) is 5.67. The molecule has 0 N–H and O–H groups in total. The van der Waals surface area contributed by atoms with Crippen molar-refractivity contribution >= 4 is 10.8 Å². The summed E-state index contributed by atoms with van der Waals surface area (Å²) in [6, 6.07) is 16.0. The highest BCUT2D eigenvalue weighted by Gasteiger charge is 2.03.